The molecular formula is C23H17FN4O4S. The standard InChI is InChI=1S/C23H17FN4O4S/c1-14-6-8-15(9-7-14)27-22(30)17-4-2-3-5-19(17)26-23(27)33-13-21(29)25-20-12-16(28(31)32)10-11-18(20)24/h2-12H,13H2,1H3,(H,25,29). The van der Waals surface area contributed by atoms with Gasteiger partial charge in [-0.05, 0) is 37.3 Å². The van der Waals surface area contributed by atoms with Crippen LogP contribution >= 0.6 is 11.8 Å². The molecule has 1 heterocycles. The largest absolute Gasteiger partial charge is 0.323 e. The molecule has 1 amide bonds. The molecule has 0 saturated heterocycles. The van der Waals surface area contributed by atoms with Crippen LogP contribution in [0.4, 0.5) is 15.8 Å². The van der Waals surface area contributed by atoms with E-state index in [1.54, 1.807) is 36.4 Å². The normalized spacial score (nSPS) is 10.8. The Balaban J connectivity index is 1.65. The molecule has 0 unspecified atom stereocenters. The fraction of sp³-hybridized carbons (Fsp3) is 0.0870. The molecule has 10 heteroatoms. The molecule has 0 aliphatic carbocycles. The van der Waals surface area contributed by atoms with E-state index in [0.717, 1.165) is 35.5 Å². The lowest BCUT2D eigenvalue weighted by Gasteiger charge is -2.13. The number of aromatic nitrogens is 2. The van der Waals surface area contributed by atoms with Gasteiger partial charge in [0.1, 0.15) is 5.82 Å². The Morgan fingerprint density at radius 2 is 1.88 bits per heavy atom. The summed E-state index contributed by atoms with van der Waals surface area (Å²) in [6.07, 6.45) is 0. The Hall–Kier alpha value is -4.05. The molecule has 33 heavy (non-hydrogen) atoms. The minimum atomic E-state index is -0.792. The molecule has 0 atom stereocenters. The van der Waals surface area contributed by atoms with Crippen LogP contribution in [0.2, 0.25) is 0 Å². The van der Waals surface area contributed by atoms with Gasteiger partial charge in [-0.15, -0.1) is 0 Å². The van der Waals surface area contributed by atoms with E-state index in [2.05, 4.69) is 10.3 Å². The van der Waals surface area contributed by atoms with Crippen LogP contribution in [0.5, 0.6) is 0 Å². The van der Waals surface area contributed by atoms with Crippen LogP contribution in [0.15, 0.2) is 76.7 Å². The van der Waals surface area contributed by atoms with Gasteiger partial charge in [-0.2, -0.15) is 0 Å². The fourth-order valence-corrected chi connectivity index (χ4v) is 3.98. The molecule has 4 rings (SSSR count). The lowest BCUT2D eigenvalue weighted by atomic mass is 10.2. The fourth-order valence-electron chi connectivity index (χ4n) is 3.17. The molecule has 1 N–H and O–H groups in total. The van der Waals surface area contributed by atoms with Gasteiger partial charge in [0.25, 0.3) is 11.2 Å². The SMILES string of the molecule is Cc1ccc(-n2c(SCC(=O)Nc3cc([N+](=O)[O-])ccc3F)nc3ccccc3c2=O)cc1. The van der Waals surface area contributed by atoms with Gasteiger partial charge in [-0.3, -0.25) is 24.3 Å². The second-order valence-corrected chi connectivity index (χ2v) is 8.09. The van der Waals surface area contributed by atoms with Gasteiger partial charge in [0.2, 0.25) is 5.91 Å². The van der Waals surface area contributed by atoms with Crippen molar-refractivity contribution in [2.24, 2.45) is 0 Å². The molecule has 0 aliphatic heterocycles. The molecule has 3 aromatic carbocycles. The van der Waals surface area contributed by atoms with Gasteiger partial charge < -0.3 is 5.32 Å². The predicted octanol–water partition coefficient (Wildman–Crippen LogP) is 4.47. The molecule has 0 bridgehead atoms. The van der Waals surface area contributed by atoms with Crippen molar-refractivity contribution in [1.82, 2.24) is 9.55 Å². The van der Waals surface area contributed by atoms with Crippen LogP contribution in [0, 0.1) is 22.9 Å². The Morgan fingerprint density at radius 3 is 2.61 bits per heavy atom. The van der Waals surface area contributed by atoms with Gasteiger partial charge >= 0.3 is 0 Å². The number of benzene rings is 3. The lowest BCUT2D eigenvalue weighted by molar-refractivity contribution is -0.384. The Labute approximate surface area is 191 Å². The number of fused-ring (bicyclic) bond motifs is 1. The van der Waals surface area contributed by atoms with E-state index in [1.807, 2.05) is 19.1 Å². The number of thioether (sulfide) groups is 1. The summed E-state index contributed by atoms with van der Waals surface area (Å²) in [4.78, 5) is 40.5. The second kappa shape index (κ2) is 9.21. The summed E-state index contributed by atoms with van der Waals surface area (Å²) < 4.78 is 15.4. The minimum Gasteiger partial charge on any atom is -0.323 e. The number of nitrogens with zero attached hydrogens (tertiary/aromatic N) is 3. The van der Waals surface area contributed by atoms with Crippen LogP contribution in [0.25, 0.3) is 16.6 Å². The van der Waals surface area contributed by atoms with Crippen LogP contribution < -0.4 is 10.9 Å². The van der Waals surface area contributed by atoms with E-state index in [0.29, 0.717) is 16.6 Å². The lowest BCUT2D eigenvalue weighted by Crippen LogP contribution is -2.23. The molecule has 0 aliphatic rings. The van der Waals surface area contributed by atoms with Crippen molar-refractivity contribution in [3.63, 3.8) is 0 Å². The van der Waals surface area contributed by atoms with Crippen molar-refractivity contribution in [1.29, 1.82) is 0 Å². The number of nitro groups is 1. The quantitative estimate of drug-likeness (QED) is 0.195. The van der Waals surface area contributed by atoms with Gasteiger partial charge in [0, 0.05) is 12.1 Å². The average molecular weight is 464 g/mol. The van der Waals surface area contributed by atoms with Crippen molar-refractivity contribution >= 4 is 39.9 Å². The number of amides is 1. The first-order valence-electron chi connectivity index (χ1n) is 9.79. The van der Waals surface area contributed by atoms with Gasteiger partial charge in [0.05, 0.1) is 33.0 Å². The van der Waals surface area contributed by atoms with Crippen molar-refractivity contribution in [2.75, 3.05) is 11.1 Å². The third kappa shape index (κ3) is 4.75. The first kappa shape index (κ1) is 22.2. The smallest absolute Gasteiger partial charge is 0.271 e. The highest BCUT2D eigenvalue weighted by Gasteiger charge is 2.17. The zero-order chi connectivity index (χ0) is 23.5. The van der Waals surface area contributed by atoms with E-state index in [4.69, 9.17) is 0 Å². The molecule has 0 saturated carbocycles. The Kier molecular flexibility index (Phi) is 6.18. The van der Waals surface area contributed by atoms with Crippen molar-refractivity contribution in [2.45, 2.75) is 12.1 Å². The number of hydrogen-bond donors (Lipinski definition) is 1. The molecule has 8 nitrogen and oxygen atoms in total. The van der Waals surface area contributed by atoms with Crippen molar-refractivity contribution in [3.05, 3.63) is 98.6 Å². The summed E-state index contributed by atoms with van der Waals surface area (Å²) in [7, 11) is 0. The van der Waals surface area contributed by atoms with E-state index < -0.39 is 16.6 Å². The minimum absolute atomic E-state index is 0.196. The van der Waals surface area contributed by atoms with Crippen LogP contribution in [-0.4, -0.2) is 26.1 Å². The van der Waals surface area contributed by atoms with Crippen LogP contribution in [-0.2, 0) is 4.79 Å². The van der Waals surface area contributed by atoms with Crippen LogP contribution in [0.3, 0.4) is 0 Å². The van der Waals surface area contributed by atoms with E-state index in [9.17, 15) is 24.1 Å². The maximum absolute atomic E-state index is 14.0. The number of non-ortho nitro benzene ring substituents is 1. The zero-order valence-corrected chi connectivity index (χ0v) is 18.1. The van der Waals surface area contributed by atoms with Crippen LogP contribution in [0.1, 0.15) is 5.56 Å². The van der Waals surface area contributed by atoms with Crippen molar-refractivity contribution in [3.8, 4) is 5.69 Å². The summed E-state index contributed by atoms with van der Waals surface area (Å²) in [5.41, 5.74) is 1.18. The number of anilines is 1. The first-order chi connectivity index (χ1) is 15.8. The number of para-hydroxylation sites is 1. The third-order valence-electron chi connectivity index (χ3n) is 4.80. The average Bonchev–Trinajstić information content (AvgIpc) is 2.80. The van der Waals surface area contributed by atoms with Gasteiger partial charge in [-0.1, -0.05) is 41.6 Å². The van der Waals surface area contributed by atoms with E-state index in [1.165, 1.54) is 4.57 Å². The highest BCUT2D eigenvalue weighted by molar-refractivity contribution is 7.99. The summed E-state index contributed by atoms with van der Waals surface area (Å²) in [6.45, 7) is 1.93. The Morgan fingerprint density at radius 1 is 1.15 bits per heavy atom. The highest BCUT2D eigenvalue weighted by Crippen LogP contribution is 2.24. The number of aryl methyl sites for hydroxylation is 1. The number of halogens is 1. The summed E-state index contributed by atoms with van der Waals surface area (Å²) >= 11 is 1.00. The van der Waals surface area contributed by atoms with E-state index in [-0.39, 0.29) is 27.8 Å². The molecule has 0 radical (unpaired) electrons. The molecule has 1 aromatic heterocycles. The van der Waals surface area contributed by atoms with E-state index >= 15 is 0 Å². The molecule has 166 valence electrons. The topological polar surface area (TPSA) is 107 Å². The second-order valence-electron chi connectivity index (χ2n) is 7.15. The zero-order valence-electron chi connectivity index (χ0n) is 17.3. The number of nitrogens with one attached hydrogen (secondary N) is 1. The number of rotatable bonds is 6. The number of carbonyl (C=O) groups excluding carboxylic acids is 1. The third-order valence-corrected chi connectivity index (χ3v) is 5.74. The summed E-state index contributed by atoms with van der Waals surface area (Å²) in [6, 6.07) is 17.1. The maximum atomic E-state index is 14.0. The van der Waals surface area contributed by atoms with Crippen molar-refractivity contribution < 1.29 is 14.1 Å². The highest BCUT2D eigenvalue weighted by atomic mass is 32.2. The Bertz CT molecular complexity index is 1440. The maximum Gasteiger partial charge on any atom is 0.271 e. The first-order valence-corrected chi connectivity index (χ1v) is 10.8. The molecular weight excluding hydrogens is 447 g/mol. The molecule has 0 spiro atoms. The van der Waals surface area contributed by atoms with Gasteiger partial charge in [-0.25, -0.2) is 9.37 Å². The number of hydrogen-bond acceptors (Lipinski definition) is 6. The predicted molar refractivity (Wildman–Crippen MR) is 124 cm³/mol. The summed E-state index contributed by atoms with van der Waals surface area (Å²) in [5.74, 6) is -1.59. The summed E-state index contributed by atoms with van der Waals surface area (Å²) in [5, 5.41) is 14.0. The molecule has 4 aromatic rings. The number of nitro benzene ring substituents is 1. The molecule has 0 fully saturated rings. The van der Waals surface area contributed by atoms with Gasteiger partial charge in [0.15, 0.2) is 5.16 Å². The number of carbonyl (C=O) groups is 1. The monoisotopic (exact) mass is 464 g/mol.